The maximum absolute atomic E-state index is 11.2. The van der Waals surface area contributed by atoms with Crippen molar-refractivity contribution in [3.63, 3.8) is 0 Å². The van der Waals surface area contributed by atoms with Crippen molar-refractivity contribution in [1.29, 1.82) is 0 Å². The molecule has 4 rings (SSSR count). The zero-order valence-electron chi connectivity index (χ0n) is 11.3. The molecule has 9 nitrogen and oxygen atoms in total. The maximum Gasteiger partial charge on any atom is 0.352 e. The Morgan fingerprint density at radius 3 is 2.95 bits per heavy atom. The number of hydrogen-bond acceptors (Lipinski definition) is 7. The van der Waals surface area contributed by atoms with Gasteiger partial charge in [0.2, 0.25) is 5.95 Å². The Labute approximate surface area is 124 Å². The van der Waals surface area contributed by atoms with Crippen molar-refractivity contribution >= 4 is 11.9 Å². The molecule has 2 N–H and O–H groups in total. The average Bonchev–Trinajstić information content (AvgIpc) is 3.02. The number of fused-ring (bicyclic) bond motifs is 2. The van der Waals surface area contributed by atoms with Crippen LogP contribution in [0.15, 0.2) is 30.0 Å². The highest BCUT2D eigenvalue weighted by molar-refractivity contribution is 5.90. The van der Waals surface area contributed by atoms with Gasteiger partial charge >= 0.3 is 5.97 Å². The van der Waals surface area contributed by atoms with E-state index in [0.29, 0.717) is 24.7 Å². The minimum atomic E-state index is -1.07. The molecule has 112 valence electrons. The quantitative estimate of drug-likeness (QED) is 0.821. The fraction of sp³-hybridized carbons (Fsp3) is 0.231. The highest BCUT2D eigenvalue weighted by atomic mass is 16.6. The van der Waals surface area contributed by atoms with E-state index >= 15 is 0 Å². The van der Waals surface area contributed by atoms with Gasteiger partial charge in [0, 0.05) is 0 Å². The third-order valence-electron chi connectivity index (χ3n) is 3.47. The normalized spacial score (nSPS) is 18.9. The van der Waals surface area contributed by atoms with Crippen molar-refractivity contribution in [2.24, 2.45) is 0 Å². The molecule has 0 unspecified atom stereocenters. The molecule has 1 aromatic carbocycles. The Morgan fingerprint density at radius 1 is 1.32 bits per heavy atom. The molecule has 0 aliphatic carbocycles. The molecule has 3 heterocycles. The molecular formula is C13H11N5O4. The first-order valence-corrected chi connectivity index (χ1v) is 6.62. The van der Waals surface area contributed by atoms with E-state index in [1.807, 2.05) is 12.1 Å². The lowest BCUT2D eigenvalue weighted by Gasteiger charge is -2.24. The second kappa shape index (κ2) is 4.72. The number of hydrogen-bond donors (Lipinski definition) is 2. The van der Waals surface area contributed by atoms with Gasteiger partial charge in [-0.15, -0.1) is 0 Å². The van der Waals surface area contributed by atoms with Gasteiger partial charge in [-0.05, 0) is 34.2 Å². The number of nitrogens with one attached hydrogen (secondary N) is 1. The molecule has 0 saturated heterocycles. The molecule has 0 radical (unpaired) electrons. The van der Waals surface area contributed by atoms with E-state index in [4.69, 9.17) is 9.47 Å². The molecular weight excluding hydrogens is 290 g/mol. The van der Waals surface area contributed by atoms with Crippen molar-refractivity contribution in [3.8, 4) is 11.5 Å². The standard InChI is InChI=1S/C13H11N5O4/c19-12(20)8-6-9(18-13(14-8)15-16-17-18)7-1-2-10-11(5-7)22-4-3-21-10/h1-2,5-6,9H,3-4H2,(H,19,20)(H,14,15,17)/t9-/m1/s1. The lowest BCUT2D eigenvalue weighted by molar-refractivity contribution is -0.132. The average molecular weight is 301 g/mol. The third kappa shape index (κ3) is 1.94. The molecule has 0 amide bonds. The zero-order valence-corrected chi connectivity index (χ0v) is 11.3. The summed E-state index contributed by atoms with van der Waals surface area (Å²) < 4.78 is 12.6. The predicted molar refractivity (Wildman–Crippen MR) is 72.7 cm³/mol. The Balaban J connectivity index is 1.79. The fourth-order valence-corrected chi connectivity index (χ4v) is 2.46. The minimum absolute atomic E-state index is 0.0298. The number of aliphatic carboxylic acids is 1. The van der Waals surface area contributed by atoms with Gasteiger partial charge in [0.05, 0.1) is 0 Å². The molecule has 1 atom stereocenters. The van der Waals surface area contributed by atoms with Gasteiger partial charge in [0.15, 0.2) is 11.5 Å². The Kier molecular flexibility index (Phi) is 2.71. The molecule has 0 spiro atoms. The van der Waals surface area contributed by atoms with Gasteiger partial charge in [-0.2, -0.15) is 4.68 Å². The van der Waals surface area contributed by atoms with Crippen LogP contribution in [0.2, 0.25) is 0 Å². The smallest absolute Gasteiger partial charge is 0.352 e. The summed E-state index contributed by atoms with van der Waals surface area (Å²) in [6.07, 6.45) is 1.55. The number of aromatic nitrogens is 4. The third-order valence-corrected chi connectivity index (χ3v) is 3.47. The number of tetrazole rings is 1. The van der Waals surface area contributed by atoms with Crippen LogP contribution < -0.4 is 14.8 Å². The summed E-state index contributed by atoms with van der Waals surface area (Å²) >= 11 is 0. The van der Waals surface area contributed by atoms with E-state index in [1.165, 1.54) is 4.68 Å². The van der Waals surface area contributed by atoms with Gasteiger partial charge in [-0.1, -0.05) is 11.2 Å². The summed E-state index contributed by atoms with van der Waals surface area (Å²) in [5.41, 5.74) is 0.834. The first-order chi connectivity index (χ1) is 10.7. The van der Waals surface area contributed by atoms with Crippen LogP contribution in [-0.4, -0.2) is 44.5 Å². The number of carboxylic acid groups (broad SMARTS) is 1. The molecule has 1 aromatic heterocycles. The van der Waals surface area contributed by atoms with E-state index < -0.39 is 12.0 Å². The van der Waals surface area contributed by atoms with Crippen molar-refractivity contribution in [2.75, 3.05) is 18.5 Å². The summed E-state index contributed by atoms with van der Waals surface area (Å²) in [5, 5.41) is 23.1. The molecule has 0 saturated carbocycles. The van der Waals surface area contributed by atoms with Crippen LogP contribution in [0, 0.1) is 0 Å². The van der Waals surface area contributed by atoms with Crippen LogP contribution in [0.25, 0.3) is 0 Å². The number of benzene rings is 1. The van der Waals surface area contributed by atoms with Gasteiger partial charge in [-0.25, -0.2) is 4.79 Å². The summed E-state index contributed by atoms with van der Waals surface area (Å²) in [6, 6.07) is 5.01. The van der Waals surface area contributed by atoms with Crippen LogP contribution in [0.4, 0.5) is 5.95 Å². The van der Waals surface area contributed by atoms with Crippen LogP contribution in [0.1, 0.15) is 11.6 Å². The predicted octanol–water partition coefficient (Wildman–Crippen LogP) is 0.428. The summed E-state index contributed by atoms with van der Waals surface area (Å²) in [5.74, 6) is 0.502. The monoisotopic (exact) mass is 301 g/mol. The van der Waals surface area contributed by atoms with Crippen LogP contribution in [-0.2, 0) is 4.79 Å². The number of anilines is 1. The van der Waals surface area contributed by atoms with E-state index in [0.717, 1.165) is 5.56 Å². The highest BCUT2D eigenvalue weighted by Crippen LogP contribution is 2.35. The van der Waals surface area contributed by atoms with Crippen molar-refractivity contribution in [2.45, 2.75) is 6.04 Å². The van der Waals surface area contributed by atoms with Crippen molar-refractivity contribution in [3.05, 3.63) is 35.5 Å². The molecule has 2 aliphatic heterocycles. The van der Waals surface area contributed by atoms with E-state index in [1.54, 1.807) is 12.1 Å². The summed E-state index contributed by atoms with van der Waals surface area (Å²) in [7, 11) is 0. The second-order valence-electron chi connectivity index (χ2n) is 4.81. The number of nitrogens with zero attached hydrogens (tertiary/aromatic N) is 4. The zero-order chi connectivity index (χ0) is 15.1. The Morgan fingerprint density at radius 2 is 2.14 bits per heavy atom. The molecule has 9 heteroatoms. The molecule has 0 fully saturated rings. The van der Waals surface area contributed by atoms with Gasteiger partial charge < -0.3 is 19.9 Å². The Bertz CT molecular complexity index is 784. The van der Waals surface area contributed by atoms with E-state index in [-0.39, 0.29) is 11.6 Å². The van der Waals surface area contributed by atoms with Crippen LogP contribution in [0.3, 0.4) is 0 Å². The maximum atomic E-state index is 11.2. The largest absolute Gasteiger partial charge is 0.486 e. The number of ether oxygens (including phenoxy) is 2. The first-order valence-electron chi connectivity index (χ1n) is 6.62. The first kappa shape index (κ1) is 12.6. The second-order valence-corrected chi connectivity index (χ2v) is 4.81. The molecule has 22 heavy (non-hydrogen) atoms. The number of allylic oxidation sites excluding steroid dienone is 1. The summed E-state index contributed by atoms with van der Waals surface area (Å²) in [4.78, 5) is 11.2. The fourth-order valence-electron chi connectivity index (χ4n) is 2.46. The summed E-state index contributed by atoms with van der Waals surface area (Å²) in [6.45, 7) is 0.995. The molecule has 2 aliphatic rings. The van der Waals surface area contributed by atoms with Crippen LogP contribution >= 0.6 is 0 Å². The van der Waals surface area contributed by atoms with Crippen molar-refractivity contribution < 1.29 is 19.4 Å². The van der Waals surface area contributed by atoms with Crippen LogP contribution in [0.5, 0.6) is 11.5 Å². The minimum Gasteiger partial charge on any atom is -0.486 e. The lowest BCUT2D eigenvalue weighted by atomic mass is 10.0. The van der Waals surface area contributed by atoms with Gasteiger partial charge in [-0.3, -0.25) is 0 Å². The molecule has 2 aromatic rings. The van der Waals surface area contributed by atoms with E-state index in [9.17, 15) is 9.90 Å². The number of carbonyl (C=O) groups is 1. The Hall–Kier alpha value is -3.10. The topological polar surface area (TPSA) is 111 Å². The van der Waals surface area contributed by atoms with Gasteiger partial charge in [0.25, 0.3) is 0 Å². The number of rotatable bonds is 2. The number of carboxylic acids is 1. The van der Waals surface area contributed by atoms with Gasteiger partial charge in [0.1, 0.15) is 25.0 Å². The van der Waals surface area contributed by atoms with Crippen molar-refractivity contribution in [1.82, 2.24) is 20.2 Å². The SMILES string of the molecule is O=C(O)C1=C[C@H](c2ccc3c(c2)OCCO3)n2nnnc2N1. The molecule has 0 bridgehead atoms. The lowest BCUT2D eigenvalue weighted by Crippen LogP contribution is -2.24. The van der Waals surface area contributed by atoms with E-state index in [2.05, 4.69) is 20.8 Å². The highest BCUT2D eigenvalue weighted by Gasteiger charge is 2.27.